The number of hydrogen-bond acceptors (Lipinski definition) is 6. The molecule has 1 fully saturated rings. The minimum atomic E-state index is 0.199. The van der Waals surface area contributed by atoms with Crippen LogP contribution in [0.3, 0.4) is 0 Å². The van der Waals surface area contributed by atoms with Crippen molar-refractivity contribution in [2.24, 2.45) is 0 Å². The number of anilines is 1. The average Bonchev–Trinajstić information content (AvgIpc) is 3.33. The average molecular weight is 360 g/mol. The van der Waals surface area contributed by atoms with Gasteiger partial charge in [-0.2, -0.15) is 0 Å². The van der Waals surface area contributed by atoms with Gasteiger partial charge in [-0.25, -0.2) is 4.98 Å². The van der Waals surface area contributed by atoms with Crippen LogP contribution < -0.4 is 15.4 Å². The summed E-state index contributed by atoms with van der Waals surface area (Å²) in [4.78, 5) is 18.5. The molecule has 25 heavy (non-hydrogen) atoms. The van der Waals surface area contributed by atoms with Crippen molar-refractivity contribution in [3.63, 3.8) is 0 Å². The zero-order valence-electron chi connectivity index (χ0n) is 14.5. The number of carbonyl (C=O) groups excluding carboxylic acids is 1. The third-order valence-electron chi connectivity index (χ3n) is 4.20. The number of methoxy groups -OCH3 is 1. The first-order chi connectivity index (χ1) is 12.3. The van der Waals surface area contributed by atoms with Crippen molar-refractivity contribution < 1.29 is 9.53 Å². The van der Waals surface area contributed by atoms with Crippen LogP contribution in [-0.2, 0) is 4.79 Å². The van der Waals surface area contributed by atoms with E-state index in [-0.39, 0.29) is 5.91 Å². The van der Waals surface area contributed by atoms with Crippen molar-refractivity contribution in [1.29, 1.82) is 0 Å². The number of hydrogen-bond donors (Lipinski definition) is 2. The highest BCUT2D eigenvalue weighted by atomic mass is 32.1. The quantitative estimate of drug-likeness (QED) is 0.708. The molecule has 0 radical (unpaired) electrons. The largest absolute Gasteiger partial charge is 0.496 e. The number of benzene rings is 1. The van der Waals surface area contributed by atoms with Gasteiger partial charge in [0.1, 0.15) is 5.75 Å². The molecule has 0 unspecified atom stereocenters. The second-order valence-electron chi connectivity index (χ2n) is 5.93. The Kier molecular flexibility index (Phi) is 6.25. The Hall–Kier alpha value is -2.12. The van der Waals surface area contributed by atoms with E-state index in [1.165, 1.54) is 0 Å². The zero-order chi connectivity index (χ0) is 17.5. The summed E-state index contributed by atoms with van der Waals surface area (Å²) in [5.41, 5.74) is 1.89. The Morgan fingerprint density at radius 1 is 1.28 bits per heavy atom. The Morgan fingerprint density at radius 2 is 2.08 bits per heavy atom. The van der Waals surface area contributed by atoms with E-state index < -0.39 is 0 Å². The highest BCUT2D eigenvalue weighted by Gasteiger charge is 2.16. The van der Waals surface area contributed by atoms with Gasteiger partial charge in [-0.05, 0) is 25.0 Å². The first kappa shape index (κ1) is 17.7. The van der Waals surface area contributed by atoms with E-state index in [1.807, 2.05) is 34.5 Å². The molecule has 2 heterocycles. The fourth-order valence-corrected chi connectivity index (χ4v) is 3.61. The Balaban J connectivity index is 1.42. The SMILES string of the molecule is COc1ccccc1-c1csc(NCCNCC(=O)N2CCCC2)n1. The summed E-state index contributed by atoms with van der Waals surface area (Å²) in [5, 5.41) is 9.37. The predicted molar refractivity (Wildman–Crippen MR) is 101 cm³/mol. The van der Waals surface area contributed by atoms with Gasteiger partial charge in [0, 0.05) is 37.1 Å². The number of para-hydroxylation sites is 1. The predicted octanol–water partition coefficient (Wildman–Crippen LogP) is 2.44. The fourth-order valence-electron chi connectivity index (χ4n) is 2.87. The van der Waals surface area contributed by atoms with Gasteiger partial charge >= 0.3 is 0 Å². The molecule has 134 valence electrons. The highest BCUT2D eigenvalue weighted by molar-refractivity contribution is 7.14. The zero-order valence-corrected chi connectivity index (χ0v) is 15.3. The lowest BCUT2D eigenvalue weighted by Gasteiger charge is -2.15. The molecular formula is C18H24N4O2S. The third-order valence-corrected chi connectivity index (χ3v) is 5.00. The van der Waals surface area contributed by atoms with Gasteiger partial charge in [-0.1, -0.05) is 12.1 Å². The van der Waals surface area contributed by atoms with Crippen molar-refractivity contribution >= 4 is 22.4 Å². The van der Waals surface area contributed by atoms with Crippen LogP contribution >= 0.6 is 11.3 Å². The van der Waals surface area contributed by atoms with Crippen LogP contribution in [0.2, 0.25) is 0 Å². The highest BCUT2D eigenvalue weighted by Crippen LogP contribution is 2.31. The summed E-state index contributed by atoms with van der Waals surface area (Å²) in [6.07, 6.45) is 2.26. The molecule has 1 aliphatic rings. The number of carbonyl (C=O) groups is 1. The summed E-state index contributed by atoms with van der Waals surface area (Å²) in [5.74, 6) is 1.02. The summed E-state index contributed by atoms with van der Waals surface area (Å²) in [6.45, 7) is 3.68. The fraction of sp³-hybridized carbons (Fsp3) is 0.444. The van der Waals surface area contributed by atoms with Crippen LogP contribution in [0.4, 0.5) is 5.13 Å². The molecule has 3 rings (SSSR count). The van der Waals surface area contributed by atoms with Crippen molar-refractivity contribution in [3.8, 4) is 17.0 Å². The minimum absolute atomic E-state index is 0.199. The number of nitrogens with zero attached hydrogens (tertiary/aromatic N) is 2. The number of likely N-dealkylation sites (tertiary alicyclic amines) is 1. The van der Waals surface area contributed by atoms with E-state index in [0.717, 1.165) is 61.2 Å². The van der Waals surface area contributed by atoms with Crippen LogP contribution in [0.25, 0.3) is 11.3 Å². The van der Waals surface area contributed by atoms with Gasteiger partial charge in [0.2, 0.25) is 5.91 Å². The molecule has 6 nitrogen and oxygen atoms in total. The molecule has 7 heteroatoms. The number of amides is 1. The van der Waals surface area contributed by atoms with Crippen molar-refractivity contribution in [2.45, 2.75) is 12.8 Å². The van der Waals surface area contributed by atoms with Crippen LogP contribution in [0, 0.1) is 0 Å². The number of aromatic nitrogens is 1. The number of rotatable bonds is 8. The Morgan fingerprint density at radius 3 is 2.88 bits per heavy atom. The lowest BCUT2D eigenvalue weighted by molar-refractivity contribution is -0.129. The van der Waals surface area contributed by atoms with E-state index in [4.69, 9.17) is 4.74 Å². The summed E-state index contributed by atoms with van der Waals surface area (Å²) >= 11 is 1.57. The number of thiazole rings is 1. The lowest BCUT2D eigenvalue weighted by Crippen LogP contribution is -2.37. The standard InChI is InChI=1S/C18H24N4O2S/c1-24-16-7-3-2-6-14(16)15-13-25-18(21-15)20-9-8-19-12-17(23)22-10-4-5-11-22/h2-3,6-7,13,19H,4-5,8-12H2,1H3,(H,20,21). The smallest absolute Gasteiger partial charge is 0.236 e. The van der Waals surface area contributed by atoms with Crippen molar-refractivity contribution in [1.82, 2.24) is 15.2 Å². The molecule has 0 aliphatic carbocycles. The molecule has 0 spiro atoms. The van der Waals surface area contributed by atoms with Gasteiger partial charge in [-0.15, -0.1) is 11.3 Å². The second kappa shape index (κ2) is 8.82. The maximum Gasteiger partial charge on any atom is 0.236 e. The Labute approximate surface area is 152 Å². The van der Waals surface area contributed by atoms with Crippen LogP contribution in [-0.4, -0.2) is 55.6 Å². The molecule has 1 aromatic carbocycles. The molecule has 1 saturated heterocycles. The molecule has 1 amide bonds. The van der Waals surface area contributed by atoms with Crippen LogP contribution in [0.5, 0.6) is 5.75 Å². The summed E-state index contributed by atoms with van der Waals surface area (Å²) in [7, 11) is 1.67. The minimum Gasteiger partial charge on any atom is -0.496 e. The van der Waals surface area contributed by atoms with Crippen LogP contribution in [0.1, 0.15) is 12.8 Å². The topological polar surface area (TPSA) is 66.5 Å². The van der Waals surface area contributed by atoms with Gasteiger partial charge in [0.15, 0.2) is 5.13 Å². The monoisotopic (exact) mass is 360 g/mol. The number of ether oxygens (including phenoxy) is 1. The molecule has 2 aromatic rings. The van der Waals surface area contributed by atoms with Crippen LogP contribution in [0.15, 0.2) is 29.6 Å². The van der Waals surface area contributed by atoms with Gasteiger partial charge in [0.05, 0.1) is 19.3 Å². The molecule has 2 N–H and O–H groups in total. The maximum atomic E-state index is 11.9. The lowest BCUT2D eigenvalue weighted by atomic mass is 10.1. The van der Waals surface area contributed by atoms with E-state index in [0.29, 0.717) is 6.54 Å². The molecule has 0 atom stereocenters. The van der Waals surface area contributed by atoms with Gasteiger partial charge in [0.25, 0.3) is 0 Å². The third kappa shape index (κ3) is 4.70. The molecule has 0 bridgehead atoms. The maximum absolute atomic E-state index is 11.9. The van der Waals surface area contributed by atoms with E-state index in [9.17, 15) is 4.79 Å². The van der Waals surface area contributed by atoms with Crippen molar-refractivity contribution in [2.75, 3.05) is 45.2 Å². The first-order valence-corrected chi connectivity index (χ1v) is 9.47. The summed E-state index contributed by atoms with van der Waals surface area (Å²) < 4.78 is 5.38. The van der Waals surface area contributed by atoms with E-state index >= 15 is 0 Å². The molecule has 1 aromatic heterocycles. The Bertz CT molecular complexity index is 698. The molecule has 1 aliphatic heterocycles. The second-order valence-corrected chi connectivity index (χ2v) is 6.79. The molecular weight excluding hydrogens is 336 g/mol. The van der Waals surface area contributed by atoms with Gasteiger partial charge < -0.3 is 20.3 Å². The molecule has 0 saturated carbocycles. The van der Waals surface area contributed by atoms with E-state index in [2.05, 4.69) is 15.6 Å². The van der Waals surface area contributed by atoms with E-state index in [1.54, 1.807) is 18.4 Å². The normalized spacial score (nSPS) is 13.9. The van der Waals surface area contributed by atoms with Crippen molar-refractivity contribution in [3.05, 3.63) is 29.6 Å². The van der Waals surface area contributed by atoms with Gasteiger partial charge in [-0.3, -0.25) is 4.79 Å². The first-order valence-electron chi connectivity index (χ1n) is 8.59. The number of nitrogens with one attached hydrogen (secondary N) is 2. The summed E-state index contributed by atoms with van der Waals surface area (Å²) in [6, 6.07) is 7.86.